The van der Waals surface area contributed by atoms with E-state index in [1.54, 1.807) is 0 Å². The molecule has 1 aliphatic carbocycles. The van der Waals surface area contributed by atoms with Gasteiger partial charge in [-0.2, -0.15) is 11.8 Å². The first kappa shape index (κ1) is 12.8. The predicted molar refractivity (Wildman–Crippen MR) is 77.3 cm³/mol. The fraction of sp³-hybridized carbons (Fsp3) is 0.571. The Morgan fingerprint density at radius 2 is 2.12 bits per heavy atom. The minimum Gasteiger partial charge on any atom is -0.398 e. The van der Waals surface area contributed by atoms with Crippen molar-refractivity contribution in [3.63, 3.8) is 0 Å². The minimum absolute atomic E-state index is 0.812. The zero-order chi connectivity index (χ0) is 12.1. The highest BCUT2D eigenvalue weighted by atomic mass is 32.2. The molecule has 0 bridgehead atoms. The van der Waals surface area contributed by atoms with Gasteiger partial charge < -0.3 is 5.73 Å². The van der Waals surface area contributed by atoms with Crippen molar-refractivity contribution in [1.29, 1.82) is 0 Å². The summed E-state index contributed by atoms with van der Waals surface area (Å²) in [4.78, 5) is 2.59. The molecule has 1 aromatic carbocycles. The van der Waals surface area contributed by atoms with E-state index in [0.717, 1.165) is 18.3 Å². The van der Waals surface area contributed by atoms with Crippen LogP contribution in [0, 0.1) is 0 Å². The molecule has 2 rings (SSSR count). The van der Waals surface area contributed by atoms with Crippen LogP contribution >= 0.6 is 11.8 Å². The Balaban J connectivity index is 1.91. The number of nitrogens with zero attached hydrogens (tertiary/aromatic N) is 1. The molecule has 0 heterocycles. The first-order chi connectivity index (χ1) is 8.31. The van der Waals surface area contributed by atoms with Crippen LogP contribution in [0.25, 0.3) is 0 Å². The monoisotopic (exact) mass is 250 g/mol. The Labute approximate surface area is 109 Å². The Morgan fingerprint density at radius 1 is 1.35 bits per heavy atom. The summed E-state index contributed by atoms with van der Waals surface area (Å²) in [5.41, 5.74) is 8.22. The molecule has 0 aromatic heterocycles. The SMILES string of the molecule is CCSCCN(Cc1ccccc1N)C1CC1. The van der Waals surface area contributed by atoms with E-state index in [-0.39, 0.29) is 0 Å². The van der Waals surface area contributed by atoms with Crippen LogP contribution in [0.3, 0.4) is 0 Å². The molecule has 1 saturated carbocycles. The smallest absolute Gasteiger partial charge is 0.0359 e. The van der Waals surface area contributed by atoms with E-state index < -0.39 is 0 Å². The van der Waals surface area contributed by atoms with Gasteiger partial charge in [-0.1, -0.05) is 25.1 Å². The fourth-order valence-electron chi connectivity index (χ4n) is 2.05. The molecule has 0 atom stereocenters. The molecule has 0 radical (unpaired) electrons. The van der Waals surface area contributed by atoms with E-state index in [9.17, 15) is 0 Å². The molecule has 0 saturated heterocycles. The topological polar surface area (TPSA) is 29.3 Å². The van der Waals surface area contributed by atoms with Crippen LogP contribution in [0.5, 0.6) is 0 Å². The normalized spacial score (nSPS) is 15.4. The fourth-order valence-corrected chi connectivity index (χ4v) is 2.71. The molecule has 0 aliphatic heterocycles. The van der Waals surface area contributed by atoms with E-state index in [1.165, 1.54) is 36.5 Å². The Morgan fingerprint density at radius 3 is 2.76 bits per heavy atom. The summed E-state index contributed by atoms with van der Waals surface area (Å²) in [7, 11) is 0. The average Bonchev–Trinajstić information content (AvgIpc) is 3.15. The lowest BCUT2D eigenvalue weighted by atomic mass is 10.1. The lowest BCUT2D eigenvalue weighted by molar-refractivity contribution is 0.272. The van der Waals surface area contributed by atoms with Crippen LogP contribution in [0.15, 0.2) is 24.3 Å². The van der Waals surface area contributed by atoms with Crippen LogP contribution in [-0.2, 0) is 6.54 Å². The van der Waals surface area contributed by atoms with Gasteiger partial charge in [0.1, 0.15) is 0 Å². The van der Waals surface area contributed by atoms with Crippen LogP contribution in [0.1, 0.15) is 25.3 Å². The summed E-state index contributed by atoms with van der Waals surface area (Å²) in [6, 6.07) is 9.05. The summed E-state index contributed by atoms with van der Waals surface area (Å²) >= 11 is 2.02. The number of benzene rings is 1. The largest absolute Gasteiger partial charge is 0.398 e. The lowest BCUT2D eigenvalue weighted by Crippen LogP contribution is -2.28. The molecule has 0 amide bonds. The van der Waals surface area contributed by atoms with Gasteiger partial charge in [0, 0.05) is 30.6 Å². The third kappa shape index (κ3) is 3.93. The molecule has 0 unspecified atom stereocenters. The molecule has 3 heteroatoms. The van der Waals surface area contributed by atoms with Crippen LogP contribution in [0.2, 0.25) is 0 Å². The Kier molecular flexibility index (Phi) is 4.75. The van der Waals surface area contributed by atoms with Crippen molar-refractivity contribution in [1.82, 2.24) is 4.90 Å². The standard InChI is InChI=1S/C14H22N2S/c1-2-17-10-9-16(13-7-8-13)11-12-5-3-4-6-14(12)15/h3-6,13H,2,7-11,15H2,1H3. The molecule has 0 spiro atoms. The molecule has 1 aliphatic rings. The third-order valence-electron chi connectivity index (χ3n) is 3.22. The highest BCUT2D eigenvalue weighted by molar-refractivity contribution is 7.99. The van der Waals surface area contributed by atoms with E-state index in [0.29, 0.717) is 0 Å². The van der Waals surface area contributed by atoms with Crippen molar-refractivity contribution in [2.24, 2.45) is 0 Å². The maximum atomic E-state index is 6.01. The number of rotatable bonds is 7. The van der Waals surface area contributed by atoms with Gasteiger partial charge >= 0.3 is 0 Å². The molecular formula is C14H22N2S. The maximum Gasteiger partial charge on any atom is 0.0359 e. The van der Waals surface area contributed by atoms with Crippen molar-refractivity contribution in [3.8, 4) is 0 Å². The number of nitrogen functional groups attached to an aromatic ring is 1. The van der Waals surface area contributed by atoms with Crippen molar-refractivity contribution < 1.29 is 0 Å². The number of para-hydroxylation sites is 1. The second-order valence-electron chi connectivity index (χ2n) is 4.60. The third-order valence-corrected chi connectivity index (χ3v) is 4.10. The van der Waals surface area contributed by atoms with Gasteiger partial charge in [0.05, 0.1) is 0 Å². The van der Waals surface area contributed by atoms with Gasteiger partial charge in [-0.3, -0.25) is 4.90 Å². The van der Waals surface area contributed by atoms with Crippen LogP contribution < -0.4 is 5.73 Å². The Hall–Kier alpha value is -0.670. The van der Waals surface area contributed by atoms with Gasteiger partial charge in [0.2, 0.25) is 0 Å². The zero-order valence-corrected chi connectivity index (χ0v) is 11.4. The van der Waals surface area contributed by atoms with Gasteiger partial charge in [-0.25, -0.2) is 0 Å². The Bertz CT molecular complexity index is 350. The zero-order valence-electron chi connectivity index (χ0n) is 10.6. The molecule has 1 aromatic rings. The van der Waals surface area contributed by atoms with Crippen molar-refractivity contribution in [2.45, 2.75) is 32.4 Å². The highest BCUT2D eigenvalue weighted by Gasteiger charge is 2.28. The first-order valence-electron chi connectivity index (χ1n) is 6.46. The summed E-state index contributed by atoms with van der Waals surface area (Å²) < 4.78 is 0. The highest BCUT2D eigenvalue weighted by Crippen LogP contribution is 2.29. The predicted octanol–water partition coefficient (Wildman–Crippen LogP) is 2.99. The van der Waals surface area contributed by atoms with Crippen molar-refractivity contribution >= 4 is 17.4 Å². The lowest BCUT2D eigenvalue weighted by Gasteiger charge is -2.22. The van der Waals surface area contributed by atoms with E-state index >= 15 is 0 Å². The summed E-state index contributed by atoms with van der Waals surface area (Å²) in [6.07, 6.45) is 2.73. The van der Waals surface area contributed by atoms with Crippen molar-refractivity contribution in [2.75, 3.05) is 23.8 Å². The number of anilines is 1. The molecule has 94 valence electrons. The van der Waals surface area contributed by atoms with Gasteiger partial charge in [-0.05, 0) is 30.2 Å². The van der Waals surface area contributed by atoms with E-state index in [2.05, 4.69) is 24.0 Å². The minimum atomic E-state index is 0.812. The number of thioether (sulfide) groups is 1. The van der Waals surface area contributed by atoms with Gasteiger partial charge in [0.15, 0.2) is 0 Å². The molecular weight excluding hydrogens is 228 g/mol. The second-order valence-corrected chi connectivity index (χ2v) is 5.99. The summed E-state index contributed by atoms with van der Waals surface area (Å²) in [5.74, 6) is 2.45. The molecule has 1 fully saturated rings. The van der Waals surface area contributed by atoms with Crippen LogP contribution in [-0.4, -0.2) is 29.0 Å². The van der Waals surface area contributed by atoms with Gasteiger partial charge in [-0.15, -0.1) is 0 Å². The second kappa shape index (κ2) is 6.31. The van der Waals surface area contributed by atoms with E-state index in [1.807, 2.05) is 23.9 Å². The number of hydrogen-bond acceptors (Lipinski definition) is 3. The quantitative estimate of drug-likeness (QED) is 0.596. The maximum absolute atomic E-state index is 6.01. The first-order valence-corrected chi connectivity index (χ1v) is 7.62. The summed E-state index contributed by atoms with van der Waals surface area (Å²) in [6.45, 7) is 4.43. The van der Waals surface area contributed by atoms with Crippen molar-refractivity contribution in [3.05, 3.63) is 29.8 Å². The number of nitrogens with two attached hydrogens (primary N) is 1. The van der Waals surface area contributed by atoms with Gasteiger partial charge in [0.25, 0.3) is 0 Å². The summed E-state index contributed by atoms with van der Waals surface area (Å²) in [5, 5.41) is 0. The number of hydrogen-bond donors (Lipinski definition) is 1. The molecule has 17 heavy (non-hydrogen) atoms. The van der Waals surface area contributed by atoms with Crippen LogP contribution in [0.4, 0.5) is 5.69 Å². The average molecular weight is 250 g/mol. The van der Waals surface area contributed by atoms with E-state index in [4.69, 9.17) is 5.73 Å². The molecule has 2 N–H and O–H groups in total. The molecule has 2 nitrogen and oxygen atoms in total.